The zero-order valence-electron chi connectivity index (χ0n) is 14.4. The molecule has 124 valence electrons. The molecule has 0 spiro atoms. The van der Waals surface area contributed by atoms with Crippen LogP contribution in [0.1, 0.15) is 37.6 Å². The van der Waals surface area contributed by atoms with Gasteiger partial charge in [0.25, 0.3) is 5.56 Å². The van der Waals surface area contributed by atoms with Crippen LogP contribution in [0.5, 0.6) is 0 Å². The Balaban J connectivity index is 3.21. The van der Waals surface area contributed by atoms with Crippen molar-refractivity contribution in [3.8, 4) is 0 Å². The molecule has 0 radical (unpaired) electrons. The van der Waals surface area contributed by atoms with Gasteiger partial charge in [-0.3, -0.25) is 4.79 Å². The average Bonchev–Trinajstić information content (AvgIpc) is 2.43. The molecular formula is C16H27N3O3. The highest BCUT2D eigenvalue weighted by Gasteiger charge is 2.25. The summed E-state index contributed by atoms with van der Waals surface area (Å²) in [6, 6.07) is 0.880. The number of hydrogen-bond donors (Lipinski definition) is 0. The molecule has 0 amide bonds. The zero-order valence-corrected chi connectivity index (χ0v) is 14.4. The van der Waals surface area contributed by atoms with Crippen molar-refractivity contribution in [3.63, 3.8) is 0 Å². The first-order chi connectivity index (χ1) is 10.3. The minimum atomic E-state index is -0.670. The fourth-order valence-electron chi connectivity index (χ4n) is 2.27. The Hall–Kier alpha value is -1.69. The quantitative estimate of drug-likeness (QED) is 0.713. The predicted octanol–water partition coefficient (Wildman–Crippen LogP) is 1.42. The number of rotatable bonds is 7. The number of aryl methyl sites for hydroxylation is 1. The van der Waals surface area contributed by atoms with Gasteiger partial charge in [0.2, 0.25) is 0 Å². The number of hydrogen-bond acceptors (Lipinski definition) is 5. The predicted molar refractivity (Wildman–Crippen MR) is 86.0 cm³/mol. The van der Waals surface area contributed by atoms with Crippen LogP contribution in [-0.4, -0.2) is 48.4 Å². The maximum absolute atomic E-state index is 12.3. The summed E-state index contributed by atoms with van der Waals surface area (Å²) in [4.78, 5) is 26.3. The van der Waals surface area contributed by atoms with Crippen molar-refractivity contribution in [2.24, 2.45) is 5.92 Å². The smallest absolute Gasteiger partial charge is 0.330 e. The highest BCUT2D eigenvalue weighted by molar-refractivity contribution is 5.73. The molecule has 0 fully saturated rings. The van der Waals surface area contributed by atoms with Crippen LogP contribution in [0.3, 0.4) is 0 Å². The van der Waals surface area contributed by atoms with Gasteiger partial charge in [0, 0.05) is 19.0 Å². The normalized spacial score (nSPS) is 12.7. The topological polar surface area (TPSA) is 64.4 Å². The Morgan fingerprint density at radius 3 is 2.55 bits per heavy atom. The van der Waals surface area contributed by atoms with Crippen molar-refractivity contribution in [1.82, 2.24) is 14.7 Å². The molecule has 6 nitrogen and oxygen atoms in total. The summed E-state index contributed by atoms with van der Waals surface area (Å²) >= 11 is 0. The van der Waals surface area contributed by atoms with Gasteiger partial charge in [0.15, 0.2) is 6.04 Å². The van der Waals surface area contributed by atoms with E-state index in [0.717, 1.165) is 24.2 Å². The second-order valence-corrected chi connectivity index (χ2v) is 6.28. The van der Waals surface area contributed by atoms with Crippen molar-refractivity contribution < 1.29 is 9.53 Å². The second kappa shape index (κ2) is 8.08. The van der Waals surface area contributed by atoms with E-state index >= 15 is 0 Å². The molecule has 0 bridgehead atoms. The molecule has 1 atom stereocenters. The van der Waals surface area contributed by atoms with Crippen LogP contribution in [0.15, 0.2) is 10.9 Å². The molecule has 1 aromatic heterocycles. The molecule has 0 aliphatic carbocycles. The molecule has 22 heavy (non-hydrogen) atoms. The molecule has 1 heterocycles. The lowest BCUT2D eigenvalue weighted by atomic mass is 10.0. The molecule has 0 saturated carbocycles. The first-order valence-corrected chi connectivity index (χ1v) is 7.58. The van der Waals surface area contributed by atoms with Crippen LogP contribution >= 0.6 is 0 Å². The molecule has 0 aliphatic rings. The first-order valence-electron chi connectivity index (χ1n) is 7.58. The van der Waals surface area contributed by atoms with E-state index in [-0.39, 0.29) is 11.5 Å². The van der Waals surface area contributed by atoms with Gasteiger partial charge in [-0.15, -0.1) is 0 Å². The molecule has 1 aromatic rings. The number of aromatic nitrogens is 2. The van der Waals surface area contributed by atoms with E-state index in [1.165, 1.54) is 11.8 Å². The Morgan fingerprint density at radius 2 is 2.05 bits per heavy atom. The lowest BCUT2D eigenvalue weighted by Gasteiger charge is -2.20. The van der Waals surface area contributed by atoms with Gasteiger partial charge in [-0.05, 0) is 38.9 Å². The monoisotopic (exact) mass is 309 g/mol. The number of nitrogens with zero attached hydrogens (tertiary/aromatic N) is 3. The van der Waals surface area contributed by atoms with Crippen molar-refractivity contribution in [2.75, 3.05) is 27.7 Å². The van der Waals surface area contributed by atoms with Gasteiger partial charge < -0.3 is 9.64 Å². The number of carbonyl (C=O) groups is 1. The van der Waals surface area contributed by atoms with E-state index in [9.17, 15) is 9.59 Å². The number of esters is 1. The largest absolute Gasteiger partial charge is 0.467 e. The van der Waals surface area contributed by atoms with E-state index in [2.05, 4.69) is 10.00 Å². The maximum Gasteiger partial charge on any atom is 0.330 e. The third kappa shape index (κ3) is 4.94. The summed E-state index contributed by atoms with van der Waals surface area (Å²) < 4.78 is 6.13. The van der Waals surface area contributed by atoms with Crippen molar-refractivity contribution in [1.29, 1.82) is 0 Å². The summed E-state index contributed by atoms with van der Waals surface area (Å²) in [7, 11) is 5.31. The van der Waals surface area contributed by atoms with Crippen molar-refractivity contribution in [3.05, 3.63) is 27.7 Å². The van der Waals surface area contributed by atoms with E-state index in [1.54, 1.807) is 6.07 Å². The van der Waals surface area contributed by atoms with E-state index < -0.39 is 12.0 Å². The zero-order chi connectivity index (χ0) is 16.9. The van der Waals surface area contributed by atoms with Gasteiger partial charge in [0.05, 0.1) is 12.8 Å². The highest BCUT2D eigenvalue weighted by Crippen LogP contribution is 2.17. The summed E-state index contributed by atoms with van der Waals surface area (Å²) in [5.41, 5.74) is 1.43. The Labute approximate surface area is 132 Å². The molecule has 0 aromatic carbocycles. The lowest BCUT2D eigenvalue weighted by Crippen LogP contribution is -2.34. The van der Waals surface area contributed by atoms with Gasteiger partial charge in [-0.25, -0.2) is 9.48 Å². The summed E-state index contributed by atoms with van der Waals surface area (Å²) in [6.45, 7) is 6.71. The molecule has 1 unspecified atom stereocenters. The lowest BCUT2D eigenvalue weighted by molar-refractivity contribution is -0.145. The van der Waals surface area contributed by atoms with Gasteiger partial charge in [-0.2, -0.15) is 5.10 Å². The SMILES string of the molecule is COC(=O)C(CC(C)C)n1nc(CCN(C)C)c(C)cc1=O. The molecule has 0 N–H and O–H groups in total. The number of ether oxygens (including phenoxy) is 1. The summed E-state index contributed by atoms with van der Waals surface area (Å²) in [5.74, 6) is -0.171. The van der Waals surface area contributed by atoms with Crippen LogP contribution in [0.25, 0.3) is 0 Å². The van der Waals surface area contributed by atoms with Crippen molar-refractivity contribution in [2.45, 2.75) is 39.7 Å². The number of methoxy groups -OCH3 is 1. The van der Waals surface area contributed by atoms with E-state index in [0.29, 0.717) is 6.42 Å². The van der Waals surface area contributed by atoms with Crippen LogP contribution in [0.4, 0.5) is 0 Å². The fourth-order valence-corrected chi connectivity index (χ4v) is 2.27. The summed E-state index contributed by atoms with van der Waals surface area (Å²) in [6.07, 6.45) is 1.25. The molecule has 0 saturated heterocycles. The number of likely N-dealkylation sites (N-methyl/N-ethyl adjacent to an activating group) is 1. The Bertz CT molecular complexity index is 564. The highest BCUT2D eigenvalue weighted by atomic mass is 16.5. The molecule has 6 heteroatoms. The maximum atomic E-state index is 12.3. The van der Waals surface area contributed by atoms with E-state index in [4.69, 9.17) is 4.74 Å². The van der Waals surface area contributed by atoms with Gasteiger partial charge in [0.1, 0.15) is 0 Å². The minimum absolute atomic E-state index is 0.254. The van der Waals surface area contributed by atoms with Gasteiger partial charge in [-0.1, -0.05) is 13.8 Å². The summed E-state index contributed by atoms with van der Waals surface area (Å²) in [5, 5.41) is 4.44. The average molecular weight is 309 g/mol. The van der Waals surface area contributed by atoms with Crippen LogP contribution in [-0.2, 0) is 16.0 Å². The standard InChI is InChI=1S/C16H27N3O3/c1-11(2)9-14(16(21)22-6)19-15(20)10-12(3)13(17-19)7-8-18(4)5/h10-11,14H,7-9H2,1-6H3. The Morgan fingerprint density at radius 1 is 1.41 bits per heavy atom. The molecule has 1 rings (SSSR count). The second-order valence-electron chi connectivity index (χ2n) is 6.28. The third-order valence-electron chi connectivity index (χ3n) is 3.51. The van der Waals surface area contributed by atoms with Crippen LogP contribution in [0, 0.1) is 12.8 Å². The first kappa shape index (κ1) is 18.4. The van der Waals surface area contributed by atoms with E-state index in [1.807, 2.05) is 34.9 Å². The van der Waals surface area contributed by atoms with Crippen LogP contribution < -0.4 is 5.56 Å². The fraction of sp³-hybridized carbons (Fsp3) is 0.688. The number of carbonyl (C=O) groups excluding carboxylic acids is 1. The Kier molecular flexibility index (Phi) is 6.74. The van der Waals surface area contributed by atoms with Gasteiger partial charge >= 0.3 is 5.97 Å². The minimum Gasteiger partial charge on any atom is -0.467 e. The molecule has 0 aliphatic heterocycles. The van der Waals surface area contributed by atoms with Crippen LogP contribution in [0.2, 0.25) is 0 Å². The third-order valence-corrected chi connectivity index (χ3v) is 3.51. The van der Waals surface area contributed by atoms with Crippen molar-refractivity contribution >= 4 is 5.97 Å². The molecular weight excluding hydrogens is 282 g/mol.